The Hall–Kier alpha value is -2.51. The molecule has 0 N–H and O–H groups in total. The molecule has 9 aliphatic rings. The Morgan fingerprint density at radius 3 is 2.47 bits per heavy atom. The van der Waals surface area contributed by atoms with Gasteiger partial charge in [0.2, 0.25) is 0 Å². The van der Waals surface area contributed by atoms with Gasteiger partial charge in [-0.15, -0.1) is 0 Å². The predicted molar refractivity (Wildman–Crippen MR) is 246 cm³/mol. The highest BCUT2D eigenvalue weighted by atomic mass is 32.2. The van der Waals surface area contributed by atoms with E-state index >= 15 is 0 Å². The predicted octanol–water partition coefficient (Wildman–Crippen LogP) is 15.8. The molecule has 0 aromatic heterocycles. The van der Waals surface area contributed by atoms with Gasteiger partial charge in [0.1, 0.15) is 0 Å². The minimum absolute atomic E-state index is 0.245. The van der Waals surface area contributed by atoms with E-state index in [9.17, 15) is 0 Å². The lowest BCUT2D eigenvalue weighted by Gasteiger charge is -2.60. The molecule has 302 valence electrons. The van der Waals surface area contributed by atoms with Crippen molar-refractivity contribution < 1.29 is 0 Å². The van der Waals surface area contributed by atoms with E-state index in [1.54, 1.807) is 22.3 Å². The van der Waals surface area contributed by atoms with Crippen molar-refractivity contribution in [3.63, 3.8) is 0 Å². The Bertz CT molecular complexity index is 1860. The molecule has 0 amide bonds. The maximum Gasteiger partial charge on any atom is 0.0137 e. The van der Waals surface area contributed by atoms with Gasteiger partial charge in [0.05, 0.1) is 0 Å². The highest BCUT2D eigenvalue weighted by Crippen LogP contribution is 2.71. The van der Waals surface area contributed by atoms with Gasteiger partial charge in [0, 0.05) is 21.8 Å². The molecule has 1 aliphatic heterocycles. The van der Waals surface area contributed by atoms with E-state index in [-0.39, 0.29) is 5.41 Å². The molecular formula is C56H72S. The van der Waals surface area contributed by atoms with Gasteiger partial charge in [0.15, 0.2) is 0 Å². The third-order valence-electron chi connectivity index (χ3n) is 17.4. The maximum absolute atomic E-state index is 2.85. The molecule has 0 radical (unpaired) electrons. The van der Waals surface area contributed by atoms with Crippen molar-refractivity contribution in [2.45, 2.75) is 164 Å². The largest absolute Gasteiger partial charge is 0.154 e. The molecule has 8 aliphatic carbocycles. The van der Waals surface area contributed by atoms with Gasteiger partial charge in [-0.2, -0.15) is 11.8 Å². The Kier molecular flexibility index (Phi) is 11.4. The number of hydrogen-bond acceptors (Lipinski definition) is 1. The summed E-state index contributed by atoms with van der Waals surface area (Å²) in [5.41, 5.74) is 11.9. The molecule has 11 atom stereocenters. The number of thioether (sulfide) groups is 1. The summed E-state index contributed by atoms with van der Waals surface area (Å²) in [6, 6.07) is 8.20. The molecule has 1 heteroatoms. The molecule has 1 aromatic carbocycles. The summed E-state index contributed by atoms with van der Waals surface area (Å²) < 4.78 is 0. The molecule has 2 saturated carbocycles. The lowest BCUT2D eigenvalue weighted by Crippen LogP contribution is -2.58. The van der Waals surface area contributed by atoms with Crippen LogP contribution in [0.1, 0.15) is 165 Å². The molecular weight excluding hydrogens is 705 g/mol. The molecule has 11 unspecified atom stereocenters. The molecule has 1 saturated heterocycles. The average Bonchev–Trinajstić information content (AvgIpc) is 3.56. The summed E-state index contributed by atoms with van der Waals surface area (Å²) in [4.78, 5) is 0. The molecule has 1 heterocycles. The first-order chi connectivity index (χ1) is 28.1. The number of allylic oxidation sites excluding steroid dienone is 15. The third-order valence-corrected chi connectivity index (χ3v) is 19.1. The zero-order chi connectivity index (χ0) is 38.3. The topological polar surface area (TPSA) is 0 Å². The van der Waals surface area contributed by atoms with E-state index in [4.69, 9.17) is 0 Å². The number of hydrogen-bond donors (Lipinski definition) is 0. The monoisotopic (exact) mass is 777 g/mol. The Balaban J connectivity index is 1.08. The molecule has 57 heavy (non-hydrogen) atoms. The third kappa shape index (κ3) is 7.08. The van der Waals surface area contributed by atoms with Crippen LogP contribution < -0.4 is 0 Å². The van der Waals surface area contributed by atoms with Crippen LogP contribution in [0.4, 0.5) is 0 Å². The second-order valence-electron chi connectivity index (χ2n) is 20.3. The fourth-order valence-corrected chi connectivity index (χ4v) is 16.8. The minimum Gasteiger partial charge on any atom is -0.154 e. The SMILES string of the molecule is CCCCC(C)C1CCCC=C1/C(=C\c1ccc2c(c1)C1(C3C=CCCC3SC3CCC=CC31)C1CCC3CCCCC3C21)CC1=CCC(C2=CC=CCC2)C=C1. The number of rotatable bonds is 9. The lowest BCUT2D eigenvalue weighted by atomic mass is 9.49. The van der Waals surface area contributed by atoms with Crippen LogP contribution in [-0.4, -0.2) is 10.5 Å². The summed E-state index contributed by atoms with van der Waals surface area (Å²) >= 11 is 2.43. The van der Waals surface area contributed by atoms with Gasteiger partial charge >= 0.3 is 0 Å². The second kappa shape index (κ2) is 16.9. The zero-order valence-corrected chi connectivity index (χ0v) is 36.4. The van der Waals surface area contributed by atoms with Crippen molar-refractivity contribution in [3.05, 3.63) is 124 Å². The molecule has 1 spiro atoms. The Labute approximate surface area is 351 Å². The van der Waals surface area contributed by atoms with Gasteiger partial charge in [0.25, 0.3) is 0 Å². The number of benzene rings is 1. The summed E-state index contributed by atoms with van der Waals surface area (Å²) in [5, 5.41) is 1.56. The Morgan fingerprint density at radius 1 is 0.860 bits per heavy atom. The van der Waals surface area contributed by atoms with Crippen molar-refractivity contribution >= 4 is 17.8 Å². The molecule has 0 bridgehead atoms. The highest BCUT2D eigenvalue weighted by Gasteiger charge is 2.66. The standard InChI is InChI=1S/C56H72S/c1-3-4-16-38(2)45-20-10-11-21-46(45)44(35-39-27-30-42(31-28-39)41-17-6-5-7-18-41)36-40-29-33-48-52(37-40)56(51-34-32-43-19-8-9-22-47(43)55(48)51)49-23-12-14-25-53(49)57-54-26-15-13-24-50(54)56/h5-6,12-13,17,21,23-24,27-30,33,36-38,42-43,45,47,49-51,53-55H,3-4,7-11,14-16,18-20,22,25-26,31-32,34-35H2,1-2H3/b44-36-. The molecule has 3 fully saturated rings. The zero-order valence-electron chi connectivity index (χ0n) is 35.6. The molecule has 0 nitrogen and oxygen atoms in total. The van der Waals surface area contributed by atoms with Crippen molar-refractivity contribution in [2.24, 2.45) is 47.3 Å². The van der Waals surface area contributed by atoms with Crippen molar-refractivity contribution in [3.8, 4) is 0 Å². The normalized spacial score (nSPS) is 38.6. The Morgan fingerprint density at radius 2 is 1.70 bits per heavy atom. The lowest BCUT2D eigenvalue weighted by molar-refractivity contribution is 0.0303. The van der Waals surface area contributed by atoms with Gasteiger partial charge in [-0.05, 0) is 171 Å². The summed E-state index contributed by atoms with van der Waals surface area (Å²) in [7, 11) is 0. The fourth-order valence-electron chi connectivity index (χ4n) is 14.9. The van der Waals surface area contributed by atoms with Crippen LogP contribution in [-0.2, 0) is 5.41 Å². The first kappa shape index (κ1) is 38.7. The smallest absolute Gasteiger partial charge is 0.0137 e. The van der Waals surface area contributed by atoms with Crippen LogP contribution in [0.5, 0.6) is 0 Å². The maximum atomic E-state index is 2.85. The van der Waals surface area contributed by atoms with E-state index in [1.165, 1.54) is 127 Å². The fraction of sp³-hybridized carbons (Fsp3) is 0.607. The van der Waals surface area contributed by atoms with E-state index in [0.29, 0.717) is 23.7 Å². The second-order valence-corrected chi connectivity index (χ2v) is 21.8. The quantitative estimate of drug-likeness (QED) is 0.225. The van der Waals surface area contributed by atoms with Gasteiger partial charge in [-0.25, -0.2) is 0 Å². The van der Waals surface area contributed by atoms with Crippen LogP contribution in [0, 0.1) is 47.3 Å². The summed E-state index contributed by atoms with van der Waals surface area (Å²) in [6.45, 7) is 4.95. The van der Waals surface area contributed by atoms with E-state index < -0.39 is 0 Å². The minimum atomic E-state index is 0.245. The average molecular weight is 777 g/mol. The first-order valence-electron chi connectivity index (χ1n) is 24.4. The van der Waals surface area contributed by atoms with Gasteiger partial charge in [-0.3, -0.25) is 0 Å². The van der Waals surface area contributed by atoms with Crippen molar-refractivity contribution in [2.75, 3.05) is 0 Å². The van der Waals surface area contributed by atoms with E-state index in [0.717, 1.165) is 52.9 Å². The highest BCUT2D eigenvalue weighted by molar-refractivity contribution is 8.00. The number of unbranched alkanes of at least 4 members (excludes halogenated alkanes) is 1. The molecule has 1 aromatic rings. The van der Waals surface area contributed by atoms with Crippen LogP contribution in [0.2, 0.25) is 0 Å². The van der Waals surface area contributed by atoms with Crippen molar-refractivity contribution in [1.82, 2.24) is 0 Å². The molecule has 10 rings (SSSR count). The van der Waals surface area contributed by atoms with Crippen molar-refractivity contribution in [1.29, 1.82) is 0 Å². The first-order valence-corrected chi connectivity index (χ1v) is 25.3. The summed E-state index contributed by atoms with van der Waals surface area (Å²) in [5.74, 6) is 6.73. The van der Waals surface area contributed by atoms with Gasteiger partial charge in [-0.1, -0.05) is 149 Å². The summed E-state index contributed by atoms with van der Waals surface area (Å²) in [6.07, 6.45) is 57.7. The van der Waals surface area contributed by atoms with Crippen LogP contribution in [0.3, 0.4) is 0 Å². The van der Waals surface area contributed by atoms with E-state index in [2.05, 4.69) is 117 Å². The number of fused-ring (bicyclic) bond motifs is 11. The van der Waals surface area contributed by atoms with Crippen LogP contribution in [0.15, 0.2) is 107 Å². The van der Waals surface area contributed by atoms with E-state index in [1.807, 2.05) is 5.56 Å². The van der Waals surface area contributed by atoms with Gasteiger partial charge < -0.3 is 0 Å². The van der Waals surface area contributed by atoms with Crippen LogP contribution >= 0.6 is 11.8 Å². The van der Waals surface area contributed by atoms with Crippen LogP contribution in [0.25, 0.3) is 6.08 Å².